The Morgan fingerprint density at radius 2 is 1.76 bits per heavy atom. The highest BCUT2D eigenvalue weighted by molar-refractivity contribution is 9.10. The molecule has 4 aromatic rings. The maximum atomic E-state index is 13.0. The average molecular weight is 633 g/mol. The minimum absolute atomic E-state index is 0.0105. The molecule has 10 heteroatoms. The van der Waals surface area contributed by atoms with Crippen LogP contribution in [0.4, 0.5) is 11.4 Å². The maximum Gasteiger partial charge on any atom is 0.303 e. The molecule has 1 amide bonds. The lowest BCUT2D eigenvalue weighted by molar-refractivity contribution is -0.137. The number of carboxylic acids is 1. The van der Waals surface area contributed by atoms with Crippen LogP contribution in [0.2, 0.25) is 0 Å². The first kappa shape index (κ1) is 29.5. The summed E-state index contributed by atoms with van der Waals surface area (Å²) < 4.78 is 0.874. The van der Waals surface area contributed by atoms with Crippen LogP contribution < -0.4 is 4.90 Å². The number of nitrogens with one attached hydrogen (secondary N) is 1. The molecule has 218 valence electrons. The number of rotatable bonds is 9. The van der Waals surface area contributed by atoms with Crippen molar-refractivity contribution in [2.24, 2.45) is 4.99 Å². The van der Waals surface area contributed by atoms with Crippen molar-refractivity contribution >= 4 is 55.8 Å². The van der Waals surface area contributed by atoms with E-state index < -0.39 is 5.97 Å². The quantitative estimate of drug-likeness (QED) is 0.223. The molecule has 5 rings (SSSR count). The molecule has 0 unspecified atom stereocenters. The number of fused-ring (bicyclic) bond motifs is 1. The number of H-pyrrole nitrogens is 1. The molecule has 0 aliphatic carbocycles. The van der Waals surface area contributed by atoms with Crippen molar-refractivity contribution in [3.05, 3.63) is 87.9 Å². The average Bonchev–Trinajstić information content (AvgIpc) is 3.30. The van der Waals surface area contributed by atoms with Gasteiger partial charge in [-0.3, -0.25) is 14.5 Å². The Bertz CT molecular complexity index is 1620. The number of carbonyl (C=O) groups excluding carboxylic acids is 1. The number of aliphatic carboxylic acids is 1. The Morgan fingerprint density at radius 1 is 1.02 bits per heavy atom. The minimum Gasteiger partial charge on any atom is -0.494 e. The topological polar surface area (TPSA) is 112 Å². The van der Waals surface area contributed by atoms with Crippen molar-refractivity contribution in [2.45, 2.75) is 12.8 Å². The zero-order chi connectivity index (χ0) is 29.8. The molecule has 2 heterocycles. The van der Waals surface area contributed by atoms with E-state index in [0.717, 1.165) is 58.4 Å². The van der Waals surface area contributed by atoms with Gasteiger partial charge in [-0.1, -0.05) is 40.2 Å². The SMILES string of the molecule is CN1CCN(CC(=O)N(C)c2ccc(N=C(c3cccc(CCC(=O)O)c3)c3c(O)[nH]c4cc(Br)ccc34)cc2)CC1. The minimum atomic E-state index is -0.860. The van der Waals surface area contributed by atoms with E-state index in [0.29, 0.717) is 29.9 Å². The zero-order valence-corrected chi connectivity index (χ0v) is 25.3. The number of hydrogen-bond donors (Lipinski definition) is 3. The number of aliphatic imine (C=N–C) groups is 1. The third-order valence-electron chi connectivity index (χ3n) is 7.61. The number of aromatic hydroxyl groups is 1. The summed E-state index contributed by atoms with van der Waals surface area (Å²) in [4.78, 5) is 38.3. The first-order valence-corrected chi connectivity index (χ1v) is 14.6. The second kappa shape index (κ2) is 12.9. The standard InChI is InChI=1S/C32H34BrN5O4/c1-36-14-16-38(17-15-36)20-28(39)37(2)25-10-8-24(9-11-25)34-31(22-5-3-4-21(18-22)6-13-29(40)41)30-26-12-7-23(33)19-27(26)35-32(30)42/h3-5,7-12,18-19,35,42H,6,13-17,20H2,1-2H3,(H,40,41). The Labute approximate surface area is 253 Å². The molecule has 9 nitrogen and oxygen atoms in total. The van der Waals surface area contributed by atoms with Gasteiger partial charge in [0.25, 0.3) is 0 Å². The summed E-state index contributed by atoms with van der Waals surface area (Å²) in [6, 6.07) is 20.7. The highest BCUT2D eigenvalue weighted by Gasteiger charge is 2.21. The molecule has 1 fully saturated rings. The number of aromatic amines is 1. The fourth-order valence-corrected chi connectivity index (χ4v) is 5.47. The number of aryl methyl sites for hydroxylation is 1. The third-order valence-corrected chi connectivity index (χ3v) is 8.11. The smallest absolute Gasteiger partial charge is 0.303 e. The van der Waals surface area contributed by atoms with Gasteiger partial charge in [-0.05, 0) is 61.5 Å². The second-order valence-corrected chi connectivity index (χ2v) is 11.6. The van der Waals surface area contributed by atoms with Gasteiger partial charge in [-0.15, -0.1) is 0 Å². The Kier molecular flexibility index (Phi) is 9.06. The van der Waals surface area contributed by atoms with Gasteiger partial charge in [0.2, 0.25) is 5.91 Å². The molecule has 3 aromatic carbocycles. The lowest BCUT2D eigenvalue weighted by Gasteiger charge is -2.32. The molecule has 3 N–H and O–H groups in total. The summed E-state index contributed by atoms with van der Waals surface area (Å²) in [5.41, 5.74) is 4.88. The van der Waals surface area contributed by atoms with Crippen LogP contribution in [0.1, 0.15) is 23.1 Å². The van der Waals surface area contributed by atoms with Crippen molar-refractivity contribution in [1.29, 1.82) is 0 Å². The summed E-state index contributed by atoms with van der Waals surface area (Å²) in [6.07, 6.45) is 0.400. The molecule has 42 heavy (non-hydrogen) atoms. The van der Waals surface area contributed by atoms with Crippen molar-refractivity contribution in [1.82, 2.24) is 14.8 Å². The predicted octanol–water partition coefficient (Wildman–Crippen LogP) is 5.03. The number of carboxylic acid groups (broad SMARTS) is 1. The van der Waals surface area contributed by atoms with Crippen molar-refractivity contribution in [2.75, 3.05) is 51.7 Å². The van der Waals surface area contributed by atoms with Gasteiger partial charge in [0.15, 0.2) is 5.88 Å². The molecule has 0 radical (unpaired) electrons. The molecule has 0 spiro atoms. The number of likely N-dealkylation sites (N-methyl/N-ethyl adjacent to an activating group) is 2. The third kappa shape index (κ3) is 6.89. The van der Waals surface area contributed by atoms with Crippen LogP contribution in [-0.4, -0.2) is 89.4 Å². The highest BCUT2D eigenvalue weighted by atomic mass is 79.9. The molecule has 0 saturated carbocycles. The number of benzene rings is 3. The lowest BCUT2D eigenvalue weighted by Crippen LogP contribution is -2.48. The van der Waals surface area contributed by atoms with E-state index in [4.69, 9.17) is 10.1 Å². The molecule has 0 atom stereocenters. The summed E-state index contributed by atoms with van der Waals surface area (Å²) >= 11 is 3.49. The van der Waals surface area contributed by atoms with Crippen molar-refractivity contribution in [3.8, 4) is 5.88 Å². The molecule has 1 aromatic heterocycles. The molecular formula is C32H34BrN5O4. The number of hydrogen-bond acceptors (Lipinski definition) is 6. The van der Waals surface area contributed by atoms with Crippen LogP contribution in [0, 0.1) is 0 Å². The number of anilines is 1. The summed E-state index contributed by atoms with van der Waals surface area (Å²) in [5, 5.41) is 21.0. The molecular weight excluding hydrogens is 598 g/mol. The van der Waals surface area contributed by atoms with Crippen LogP contribution in [0.3, 0.4) is 0 Å². The van der Waals surface area contributed by atoms with Gasteiger partial charge in [0, 0.05) is 60.8 Å². The second-order valence-electron chi connectivity index (χ2n) is 10.6. The fraction of sp³-hybridized carbons (Fsp3) is 0.281. The maximum absolute atomic E-state index is 13.0. The van der Waals surface area contributed by atoms with E-state index in [9.17, 15) is 14.7 Å². The lowest BCUT2D eigenvalue weighted by atomic mass is 9.98. The largest absolute Gasteiger partial charge is 0.494 e. The fourth-order valence-electron chi connectivity index (χ4n) is 5.11. The van der Waals surface area contributed by atoms with E-state index >= 15 is 0 Å². The number of carbonyl (C=O) groups is 2. The Morgan fingerprint density at radius 3 is 2.48 bits per heavy atom. The van der Waals surface area contributed by atoms with Crippen LogP contribution in [0.25, 0.3) is 10.9 Å². The molecule has 1 aliphatic heterocycles. The van der Waals surface area contributed by atoms with Crippen LogP contribution in [0.15, 0.2) is 76.2 Å². The van der Waals surface area contributed by atoms with Crippen LogP contribution in [-0.2, 0) is 16.0 Å². The number of aromatic nitrogens is 1. The molecule has 0 bridgehead atoms. The summed E-state index contributed by atoms with van der Waals surface area (Å²) in [5.74, 6) is -0.839. The van der Waals surface area contributed by atoms with Crippen LogP contribution >= 0.6 is 15.9 Å². The first-order valence-electron chi connectivity index (χ1n) is 13.9. The summed E-state index contributed by atoms with van der Waals surface area (Å²) in [7, 11) is 3.88. The highest BCUT2D eigenvalue weighted by Crippen LogP contribution is 2.33. The monoisotopic (exact) mass is 631 g/mol. The Balaban J connectivity index is 1.47. The van der Waals surface area contributed by atoms with Gasteiger partial charge in [-0.2, -0.15) is 0 Å². The number of amides is 1. The molecule has 1 aliphatic rings. The van der Waals surface area contributed by atoms with E-state index in [1.807, 2.05) is 66.7 Å². The van der Waals surface area contributed by atoms with Gasteiger partial charge in [-0.25, -0.2) is 4.99 Å². The van der Waals surface area contributed by atoms with E-state index in [1.165, 1.54) is 0 Å². The molecule has 1 saturated heterocycles. The van der Waals surface area contributed by atoms with Gasteiger partial charge in [0.05, 0.1) is 29.0 Å². The van der Waals surface area contributed by atoms with Crippen molar-refractivity contribution in [3.63, 3.8) is 0 Å². The predicted molar refractivity (Wildman–Crippen MR) is 169 cm³/mol. The number of nitrogens with zero attached hydrogens (tertiary/aromatic N) is 4. The van der Waals surface area contributed by atoms with Gasteiger partial charge < -0.3 is 25.0 Å². The van der Waals surface area contributed by atoms with Gasteiger partial charge in [0.1, 0.15) is 0 Å². The first-order chi connectivity index (χ1) is 20.2. The van der Waals surface area contributed by atoms with E-state index in [2.05, 4.69) is 37.8 Å². The van der Waals surface area contributed by atoms with Crippen molar-refractivity contribution < 1.29 is 19.8 Å². The van der Waals surface area contributed by atoms with E-state index in [1.54, 1.807) is 11.9 Å². The Hall–Kier alpha value is -3.99. The normalized spacial score (nSPS) is 14.8. The van der Waals surface area contributed by atoms with E-state index in [-0.39, 0.29) is 18.2 Å². The van der Waals surface area contributed by atoms with Crippen LogP contribution in [0.5, 0.6) is 5.88 Å². The number of piperazine rings is 1. The zero-order valence-electron chi connectivity index (χ0n) is 23.7. The summed E-state index contributed by atoms with van der Waals surface area (Å²) in [6.45, 7) is 4.04. The number of halogens is 1. The van der Waals surface area contributed by atoms with Gasteiger partial charge >= 0.3 is 5.97 Å².